The molecule has 0 saturated carbocycles. The number of benzene rings is 2. The number of rotatable bonds is 1. The molecule has 1 aromatic heterocycles. The van der Waals surface area contributed by atoms with Crippen LogP contribution >= 0.6 is 11.6 Å². The molecule has 0 fully saturated rings. The van der Waals surface area contributed by atoms with Crippen LogP contribution in [0.4, 0.5) is 4.39 Å². The lowest BCUT2D eigenvalue weighted by atomic mass is 10.2. The fourth-order valence-electron chi connectivity index (χ4n) is 1.81. The van der Waals surface area contributed by atoms with E-state index in [1.807, 2.05) is 0 Å². The Hall–Kier alpha value is -2.20. The van der Waals surface area contributed by atoms with Crippen LogP contribution in [0.2, 0.25) is 5.02 Å². The predicted molar refractivity (Wildman–Crippen MR) is 70.7 cm³/mol. The normalized spacial score (nSPS) is 10.8. The summed E-state index contributed by atoms with van der Waals surface area (Å²) in [6.07, 6.45) is 0. The molecule has 0 amide bonds. The molecule has 3 nitrogen and oxygen atoms in total. The smallest absolute Gasteiger partial charge is 0.347 e. The third kappa shape index (κ3) is 2.00. The monoisotopic (exact) mass is 275 g/mol. The second kappa shape index (κ2) is 4.48. The fourth-order valence-corrected chi connectivity index (χ4v) is 2.03. The Labute approximate surface area is 112 Å². The minimum Gasteiger partial charge on any atom is -0.403 e. The van der Waals surface area contributed by atoms with Crippen molar-refractivity contribution in [2.75, 3.05) is 0 Å². The molecule has 0 bridgehead atoms. The van der Waals surface area contributed by atoms with Crippen molar-refractivity contribution in [2.24, 2.45) is 0 Å². The minimum absolute atomic E-state index is 0.0799. The molecule has 0 N–H and O–H groups in total. The molecule has 0 aliphatic rings. The molecule has 5 heteroatoms. The van der Waals surface area contributed by atoms with Gasteiger partial charge in [-0.3, -0.25) is 0 Å². The minimum atomic E-state index is -0.592. The van der Waals surface area contributed by atoms with E-state index in [4.69, 9.17) is 16.0 Å². The lowest BCUT2D eigenvalue weighted by Crippen LogP contribution is -2.03. The molecule has 3 aromatic rings. The van der Waals surface area contributed by atoms with Crippen LogP contribution in [-0.2, 0) is 0 Å². The number of fused-ring (bicyclic) bond motifs is 1. The van der Waals surface area contributed by atoms with Crippen LogP contribution in [0.15, 0.2) is 51.7 Å². The molecule has 0 spiro atoms. The molecule has 94 valence electrons. The zero-order valence-electron chi connectivity index (χ0n) is 9.56. The van der Waals surface area contributed by atoms with Gasteiger partial charge in [-0.2, -0.15) is 0 Å². The van der Waals surface area contributed by atoms with Gasteiger partial charge >= 0.3 is 5.63 Å². The number of nitrogens with zero attached hydrogens (tertiary/aromatic N) is 1. The summed E-state index contributed by atoms with van der Waals surface area (Å²) in [5.41, 5.74) is -0.161. The highest BCUT2D eigenvalue weighted by Crippen LogP contribution is 2.24. The quantitative estimate of drug-likeness (QED) is 0.681. The van der Waals surface area contributed by atoms with E-state index in [0.717, 1.165) is 0 Å². The highest BCUT2D eigenvalue weighted by molar-refractivity contribution is 6.35. The van der Waals surface area contributed by atoms with Crippen molar-refractivity contribution in [3.8, 4) is 11.5 Å². The van der Waals surface area contributed by atoms with Crippen molar-refractivity contribution in [1.82, 2.24) is 4.98 Å². The third-order valence-electron chi connectivity index (χ3n) is 2.71. The highest BCUT2D eigenvalue weighted by Gasteiger charge is 2.13. The zero-order chi connectivity index (χ0) is 13.4. The van der Waals surface area contributed by atoms with Gasteiger partial charge in [0, 0.05) is 0 Å². The number of halogens is 2. The summed E-state index contributed by atoms with van der Waals surface area (Å²) < 4.78 is 18.7. The predicted octanol–water partition coefficient (Wildman–Crippen LogP) is 3.65. The maximum atomic E-state index is 13.7. The van der Waals surface area contributed by atoms with Crippen molar-refractivity contribution >= 4 is 22.5 Å². The standard InChI is InChI=1S/C14H7ClFNO2/c15-10-6-3-5-9-12(10)17-13(19-14(9)18)8-4-1-2-7-11(8)16/h1-7H. The first-order valence-corrected chi connectivity index (χ1v) is 5.89. The van der Waals surface area contributed by atoms with Gasteiger partial charge < -0.3 is 4.42 Å². The maximum Gasteiger partial charge on any atom is 0.347 e. The van der Waals surface area contributed by atoms with E-state index in [2.05, 4.69) is 4.98 Å². The van der Waals surface area contributed by atoms with Gasteiger partial charge in [0.2, 0.25) is 5.89 Å². The molecule has 0 unspecified atom stereocenters. The van der Waals surface area contributed by atoms with E-state index in [1.54, 1.807) is 30.3 Å². The first kappa shape index (κ1) is 11.9. The van der Waals surface area contributed by atoms with Gasteiger partial charge in [0.05, 0.1) is 16.0 Å². The van der Waals surface area contributed by atoms with E-state index < -0.39 is 11.4 Å². The average Bonchev–Trinajstić information content (AvgIpc) is 2.40. The van der Waals surface area contributed by atoms with Crippen LogP contribution in [0.25, 0.3) is 22.4 Å². The molecular weight excluding hydrogens is 269 g/mol. The van der Waals surface area contributed by atoms with Crippen LogP contribution in [-0.4, -0.2) is 4.98 Å². The molecule has 0 radical (unpaired) electrons. The molecule has 1 heterocycles. The van der Waals surface area contributed by atoms with Crippen LogP contribution in [0.3, 0.4) is 0 Å². The van der Waals surface area contributed by atoms with Crippen molar-refractivity contribution in [3.05, 3.63) is 63.7 Å². The van der Waals surface area contributed by atoms with Gasteiger partial charge in [0.25, 0.3) is 0 Å². The summed E-state index contributed by atoms with van der Waals surface area (Å²) in [6, 6.07) is 10.7. The summed E-state index contributed by atoms with van der Waals surface area (Å²) >= 11 is 5.99. The van der Waals surface area contributed by atoms with Crippen LogP contribution in [0.5, 0.6) is 0 Å². The first-order chi connectivity index (χ1) is 9.16. The molecule has 0 aliphatic carbocycles. The van der Waals surface area contributed by atoms with E-state index in [0.29, 0.717) is 10.5 Å². The Kier molecular flexibility index (Phi) is 2.80. The Morgan fingerprint density at radius 3 is 2.68 bits per heavy atom. The van der Waals surface area contributed by atoms with Crippen molar-refractivity contribution in [1.29, 1.82) is 0 Å². The second-order valence-corrected chi connectivity index (χ2v) is 4.33. The van der Waals surface area contributed by atoms with Crippen LogP contribution in [0, 0.1) is 5.82 Å². The molecular formula is C14H7ClFNO2. The van der Waals surface area contributed by atoms with Gasteiger partial charge in [0.1, 0.15) is 11.3 Å². The molecule has 0 aliphatic heterocycles. The Bertz CT molecular complexity index is 829. The van der Waals surface area contributed by atoms with E-state index in [1.165, 1.54) is 12.1 Å². The van der Waals surface area contributed by atoms with Gasteiger partial charge in [-0.1, -0.05) is 29.8 Å². The van der Waals surface area contributed by atoms with Gasteiger partial charge in [-0.05, 0) is 24.3 Å². The molecule has 0 atom stereocenters. The van der Waals surface area contributed by atoms with Crippen molar-refractivity contribution < 1.29 is 8.81 Å². The average molecular weight is 276 g/mol. The van der Waals surface area contributed by atoms with Gasteiger partial charge in [-0.25, -0.2) is 14.2 Å². The van der Waals surface area contributed by atoms with Gasteiger partial charge in [-0.15, -0.1) is 0 Å². The van der Waals surface area contributed by atoms with Crippen molar-refractivity contribution in [2.45, 2.75) is 0 Å². The Balaban J connectivity index is 2.36. The van der Waals surface area contributed by atoms with Gasteiger partial charge in [0.15, 0.2) is 0 Å². The summed E-state index contributed by atoms with van der Waals surface area (Å²) in [7, 11) is 0. The molecule has 19 heavy (non-hydrogen) atoms. The largest absolute Gasteiger partial charge is 0.403 e. The van der Waals surface area contributed by atoms with Crippen LogP contribution < -0.4 is 5.63 Å². The summed E-state index contributed by atoms with van der Waals surface area (Å²) in [4.78, 5) is 16.0. The van der Waals surface area contributed by atoms with E-state index >= 15 is 0 Å². The lowest BCUT2D eigenvalue weighted by Gasteiger charge is -2.03. The number of aromatic nitrogens is 1. The number of para-hydroxylation sites is 1. The topological polar surface area (TPSA) is 43.1 Å². The maximum absolute atomic E-state index is 13.7. The molecule has 0 saturated heterocycles. The fraction of sp³-hybridized carbons (Fsp3) is 0. The van der Waals surface area contributed by atoms with Crippen molar-refractivity contribution in [3.63, 3.8) is 0 Å². The summed E-state index contributed by atoms with van der Waals surface area (Å²) in [5.74, 6) is -0.590. The lowest BCUT2D eigenvalue weighted by molar-refractivity contribution is 0.511. The highest BCUT2D eigenvalue weighted by atomic mass is 35.5. The molecule has 2 aromatic carbocycles. The third-order valence-corrected chi connectivity index (χ3v) is 3.02. The second-order valence-electron chi connectivity index (χ2n) is 3.92. The first-order valence-electron chi connectivity index (χ1n) is 5.51. The summed E-state index contributed by atoms with van der Waals surface area (Å²) in [6.45, 7) is 0. The number of hydrogen-bond acceptors (Lipinski definition) is 3. The summed E-state index contributed by atoms with van der Waals surface area (Å²) in [5, 5.41) is 0.593. The molecule has 3 rings (SSSR count). The number of hydrogen-bond donors (Lipinski definition) is 0. The Morgan fingerprint density at radius 2 is 1.89 bits per heavy atom. The van der Waals surface area contributed by atoms with E-state index in [9.17, 15) is 9.18 Å². The SMILES string of the molecule is O=c1oc(-c2ccccc2F)nc2c(Cl)cccc12. The van der Waals surface area contributed by atoms with Crippen LogP contribution in [0.1, 0.15) is 0 Å². The Morgan fingerprint density at radius 1 is 1.11 bits per heavy atom. The van der Waals surface area contributed by atoms with E-state index in [-0.39, 0.29) is 16.8 Å². The zero-order valence-corrected chi connectivity index (χ0v) is 10.3.